The second-order valence-corrected chi connectivity index (χ2v) is 6.40. The molecule has 2 aromatic carbocycles. The minimum Gasteiger partial charge on any atom is -0.332 e. The van der Waals surface area contributed by atoms with E-state index in [4.69, 9.17) is 14.5 Å². The molecular weight excluding hydrogens is 312 g/mol. The van der Waals surface area contributed by atoms with Crippen LogP contribution in [0.4, 0.5) is 11.4 Å². The number of aliphatic imine (C=N–C) groups is 1. The van der Waals surface area contributed by atoms with Gasteiger partial charge in [-0.25, -0.2) is 9.98 Å². The van der Waals surface area contributed by atoms with Crippen LogP contribution in [0, 0.1) is 17.4 Å². The van der Waals surface area contributed by atoms with Gasteiger partial charge in [-0.3, -0.25) is 0 Å². The van der Waals surface area contributed by atoms with Crippen molar-refractivity contribution in [3.05, 3.63) is 68.6 Å². The van der Waals surface area contributed by atoms with Gasteiger partial charge in [-0.05, 0) is 37.1 Å². The van der Waals surface area contributed by atoms with Crippen LogP contribution in [0.2, 0.25) is 0 Å². The van der Waals surface area contributed by atoms with E-state index in [0.29, 0.717) is 11.7 Å². The molecule has 3 heterocycles. The highest BCUT2D eigenvalue weighted by molar-refractivity contribution is 6.28. The lowest BCUT2D eigenvalue weighted by Gasteiger charge is -2.01. The fourth-order valence-electron chi connectivity index (χ4n) is 3.63. The normalized spacial score (nSPS) is 14.0. The van der Waals surface area contributed by atoms with E-state index in [-0.39, 0.29) is 0 Å². The number of hydrogen-bond acceptors (Lipinski definition) is 5. The van der Waals surface area contributed by atoms with Gasteiger partial charge in [0.05, 0.1) is 16.7 Å². The molecule has 2 aliphatic heterocycles. The lowest BCUT2D eigenvalue weighted by Crippen LogP contribution is -2.10. The van der Waals surface area contributed by atoms with Crippen molar-refractivity contribution in [1.29, 1.82) is 0 Å². The fourth-order valence-corrected chi connectivity index (χ4v) is 3.63. The van der Waals surface area contributed by atoms with Gasteiger partial charge < -0.3 is 4.52 Å². The zero-order valence-electron chi connectivity index (χ0n) is 14.3. The molecule has 1 aromatic heterocycles. The summed E-state index contributed by atoms with van der Waals surface area (Å²) in [5, 5.41) is 8.43. The Hall–Kier alpha value is -3.08. The van der Waals surface area contributed by atoms with Crippen molar-refractivity contribution in [2.24, 2.45) is 9.98 Å². The van der Waals surface area contributed by atoms with Crippen molar-refractivity contribution in [2.45, 2.75) is 27.2 Å². The van der Waals surface area contributed by atoms with E-state index in [2.05, 4.69) is 36.1 Å². The number of benzene rings is 2. The smallest absolute Gasteiger partial charge is 0.276 e. The Morgan fingerprint density at radius 3 is 2.64 bits per heavy atom. The van der Waals surface area contributed by atoms with Gasteiger partial charge in [0.15, 0.2) is 5.82 Å². The van der Waals surface area contributed by atoms with E-state index >= 15 is 0 Å². The Balaban J connectivity index is 1.84. The molecule has 0 N–H and O–H groups in total. The summed E-state index contributed by atoms with van der Waals surface area (Å²) in [6.07, 6.45) is 0.738. The predicted molar refractivity (Wildman–Crippen MR) is 94.7 cm³/mol. The maximum absolute atomic E-state index is 5.42. The van der Waals surface area contributed by atoms with Gasteiger partial charge >= 0.3 is 0 Å². The molecule has 2 aliphatic rings. The summed E-state index contributed by atoms with van der Waals surface area (Å²) in [6, 6.07) is 10.4. The van der Waals surface area contributed by atoms with Crippen LogP contribution in [0.5, 0.6) is 0 Å². The van der Waals surface area contributed by atoms with Crippen molar-refractivity contribution >= 4 is 22.7 Å². The first-order valence-electron chi connectivity index (χ1n) is 8.42. The number of aryl methyl sites for hydroxylation is 2. The molecule has 5 nitrogen and oxygen atoms in total. The molecule has 5 heteroatoms. The van der Waals surface area contributed by atoms with Crippen LogP contribution in [0.25, 0.3) is 5.57 Å². The van der Waals surface area contributed by atoms with Crippen LogP contribution in [-0.4, -0.2) is 15.9 Å². The number of rotatable bonds is 2. The largest absolute Gasteiger partial charge is 0.332 e. The van der Waals surface area contributed by atoms with E-state index in [1.165, 1.54) is 5.56 Å². The van der Waals surface area contributed by atoms with E-state index in [9.17, 15) is 0 Å². The van der Waals surface area contributed by atoms with E-state index in [0.717, 1.165) is 50.1 Å². The second-order valence-electron chi connectivity index (χ2n) is 6.40. The molecule has 0 saturated heterocycles. The minimum atomic E-state index is 0.481. The Morgan fingerprint density at radius 2 is 1.84 bits per heavy atom. The van der Waals surface area contributed by atoms with Crippen molar-refractivity contribution < 1.29 is 4.52 Å². The van der Waals surface area contributed by atoms with Gasteiger partial charge in [-0.15, -0.1) is 0 Å². The SMILES string of the molecule is CCc1noc(C2=Nc3c4c(cc(C)c3=C2C)=c2ccccc2=N4)n1. The van der Waals surface area contributed by atoms with Crippen LogP contribution in [-0.2, 0) is 6.42 Å². The molecule has 0 saturated carbocycles. The molecule has 5 rings (SSSR count). The Bertz CT molecular complexity index is 1300. The third-order valence-corrected chi connectivity index (χ3v) is 4.84. The summed E-state index contributed by atoms with van der Waals surface area (Å²) in [5.41, 5.74) is 4.85. The molecule has 0 unspecified atom stereocenters. The standard InChI is InChI=1S/C20H16N4O/c1-4-15-22-20(25-24-15)17-11(3)16-10(2)9-13-12-7-5-6-8-14(12)21-18(13)19(16)23-17/h5-9H,4H2,1-3H3. The Kier molecular flexibility index (Phi) is 2.83. The third kappa shape index (κ3) is 1.89. The molecule has 0 bridgehead atoms. The van der Waals surface area contributed by atoms with Crippen molar-refractivity contribution in [3.63, 3.8) is 0 Å². The van der Waals surface area contributed by atoms with Crippen molar-refractivity contribution in [1.82, 2.24) is 10.1 Å². The van der Waals surface area contributed by atoms with Gasteiger partial charge in [-0.2, -0.15) is 4.98 Å². The highest BCUT2D eigenvalue weighted by atomic mass is 16.5. The summed E-state index contributed by atoms with van der Waals surface area (Å²) < 4.78 is 5.42. The van der Waals surface area contributed by atoms with Gasteiger partial charge in [0.1, 0.15) is 5.71 Å². The van der Waals surface area contributed by atoms with E-state index < -0.39 is 0 Å². The summed E-state index contributed by atoms with van der Waals surface area (Å²) in [7, 11) is 0. The average molecular weight is 328 g/mol. The molecule has 0 spiro atoms. The van der Waals surface area contributed by atoms with Crippen molar-refractivity contribution in [3.8, 4) is 0 Å². The quantitative estimate of drug-likeness (QED) is 0.568. The molecule has 25 heavy (non-hydrogen) atoms. The van der Waals surface area contributed by atoms with E-state index in [1.807, 2.05) is 25.1 Å². The fraction of sp³-hybridized carbons (Fsp3) is 0.200. The molecular formula is C20H16N4O. The van der Waals surface area contributed by atoms with Crippen LogP contribution >= 0.6 is 0 Å². The highest BCUT2D eigenvalue weighted by Gasteiger charge is 2.25. The van der Waals surface area contributed by atoms with Crippen molar-refractivity contribution in [2.75, 3.05) is 0 Å². The molecule has 0 radical (unpaired) electrons. The first-order chi connectivity index (χ1) is 12.2. The van der Waals surface area contributed by atoms with Crippen LogP contribution < -0.4 is 10.6 Å². The second kappa shape index (κ2) is 4.96. The highest BCUT2D eigenvalue weighted by Crippen LogP contribution is 2.33. The van der Waals surface area contributed by atoms with Gasteiger partial charge in [0, 0.05) is 22.1 Å². The molecule has 122 valence electrons. The molecule has 0 fully saturated rings. The number of fused-ring (bicyclic) bond motifs is 4. The number of nitrogens with zero attached hydrogens (tertiary/aromatic N) is 4. The Morgan fingerprint density at radius 1 is 1.00 bits per heavy atom. The average Bonchev–Trinajstić information content (AvgIpc) is 3.30. The zero-order chi connectivity index (χ0) is 17.1. The lowest BCUT2D eigenvalue weighted by atomic mass is 10.0. The maximum atomic E-state index is 5.42. The number of hydrogen-bond donors (Lipinski definition) is 0. The van der Waals surface area contributed by atoms with Crippen LogP contribution in [0.15, 0.2) is 44.8 Å². The Labute approximate surface area is 143 Å². The summed E-state index contributed by atoms with van der Waals surface area (Å²) >= 11 is 0. The maximum Gasteiger partial charge on any atom is 0.276 e. The molecule has 0 aliphatic carbocycles. The van der Waals surface area contributed by atoms with Crippen LogP contribution in [0.1, 0.15) is 31.1 Å². The van der Waals surface area contributed by atoms with Gasteiger partial charge in [-0.1, -0.05) is 30.3 Å². The minimum absolute atomic E-state index is 0.481. The van der Waals surface area contributed by atoms with Gasteiger partial charge in [0.2, 0.25) is 0 Å². The molecule has 0 atom stereocenters. The first kappa shape index (κ1) is 14.3. The van der Waals surface area contributed by atoms with Crippen LogP contribution in [0.3, 0.4) is 0 Å². The zero-order valence-corrected chi connectivity index (χ0v) is 14.3. The summed E-state index contributed by atoms with van der Waals surface area (Å²) in [5.74, 6) is 1.18. The molecule has 3 aromatic rings. The number of aromatic nitrogens is 2. The third-order valence-electron chi connectivity index (χ3n) is 4.84. The molecule has 0 amide bonds. The summed E-state index contributed by atoms with van der Waals surface area (Å²) in [4.78, 5) is 14.1. The first-order valence-corrected chi connectivity index (χ1v) is 8.42. The topological polar surface area (TPSA) is 63.6 Å². The summed E-state index contributed by atoms with van der Waals surface area (Å²) in [6.45, 7) is 6.18. The number of para-hydroxylation sites is 1. The predicted octanol–water partition coefficient (Wildman–Crippen LogP) is 2.80. The van der Waals surface area contributed by atoms with E-state index in [1.54, 1.807) is 0 Å². The lowest BCUT2D eigenvalue weighted by molar-refractivity contribution is 0.405. The monoisotopic (exact) mass is 328 g/mol. The van der Waals surface area contributed by atoms with Gasteiger partial charge in [0.25, 0.3) is 5.89 Å².